The topological polar surface area (TPSA) is 61.4 Å². The summed E-state index contributed by atoms with van der Waals surface area (Å²) in [5, 5.41) is 3.44. The summed E-state index contributed by atoms with van der Waals surface area (Å²) in [5.74, 6) is 0. The van der Waals surface area contributed by atoms with E-state index in [9.17, 15) is 8.42 Å². The summed E-state index contributed by atoms with van der Waals surface area (Å²) in [4.78, 5) is 0. The highest BCUT2D eigenvalue weighted by molar-refractivity contribution is 7.87. The van der Waals surface area contributed by atoms with Crippen molar-refractivity contribution in [3.63, 3.8) is 0 Å². The molecule has 1 unspecified atom stereocenters. The van der Waals surface area contributed by atoms with Crippen LogP contribution in [-0.2, 0) is 10.2 Å². The highest BCUT2D eigenvalue weighted by Crippen LogP contribution is 2.13. The van der Waals surface area contributed by atoms with Gasteiger partial charge in [-0.1, -0.05) is 12.8 Å². The van der Waals surface area contributed by atoms with Crippen LogP contribution in [0, 0.1) is 0 Å². The molecular formula is C12H25N3O2S. The highest BCUT2D eigenvalue weighted by atomic mass is 32.2. The lowest BCUT2D eigenvalue weighted by Crippen LogP contribution is -2.45. The van der Waals surface area contributed by atoms with E-state index in [4.69, 9.17) is 0 Å². The van der Waals surface area contributed by atoms with Crippen molar-refractivity contribution >= 4 is 10.2 Å². The normalized spacial score (nSPS) is 27.2. The van der Waals surface area contributed by atoms with Crippen molar-refractivity contribution in [2.75, 3.05) is 26.2 Å². The monoisotopic (exact) mass is 275 g/mol. The smallest absolute Gasteiger partial charge is 0.279 e. The molecule has 6 heteroatoms. The zero-order valence-corrected chi connectivity index (χ0v) is 11.8. The van der Waals surface area contributed by atoms with Gasteiger partial charge in [0.2, 0.25) is 0 Å². The second-order valence-corrected chi connectivity index (χ2v) is 7.05. The molecule has 0 aromatic carbocycles. The number of nitrogens with zero attached hydrogens (tertiary/aromatic N) is 1. The molecule has 2 rings (SSSR count). The Morgan fingerprint density at radius 1 is 1.11 bits per heavy atom. The molecule has 18 heavy (non-hydrogen) atoms. The molecule has 2 heterocycles. The molecule has 1 atom stereocenters. The number of rotatable bonds is 5. The van der Waals surface area contributed by atoms with Gasteiger partial charge in [-0.25, -0.2) is 4.72 Å². The summed E-state index contributed by atoms with van der Waals surface area (Å²) in [6.07, 6.45) is 7.71. The first-order chi connectivity index (χ1) is 8.68. The molecule has 2 aliphatic heterocycles. The minimum atomic E-state index is -3.23. The fraction of sp³-hybridized carbons (Fsp3) is 1.00. The lowest BCUT2D eigenvalue weighted by Gasteiger charge is -2.27. The summed E-state index contributed by atoms with van der Waals surface area (Å²) in [7, 11) is -3.23. The van der Waals surface area contributed by atoms with Crippen molar-refractivity contribution in [3.05, 3.63) is 0 Å². The van der Waals surface area contributed by atoms with E-state index in [1.165, 1.54) is 19.3 Å². The Hall–Kier alpha value is -0.170. The second-order valence-electron chi connectivity index (χ2n) is 5.29. The van der Waals surface area contributed by atoms with Gasteiger partial charge in [0.1, 0.15) is 0 Å². The van der Waals surface area contributed by atoms with Crippen molar-refractivity contribution in [2.24, 2.45) is 0 Å². The summed E-state index contributed by atoms with van der Waals surface area (Å²) in [6.45, 7) is 2.98. The fourth-order valence-corrected chi connectivity index (χ4v) is 4.03. The van der Waals surface area contributed by atoms with Gasteiger partial charge in [0.25, 0.3) is 10.2 Å². The van der Waals surface area contributed by atoms with Crippen LogP contribution in [0.2, 0.25) is 0 Å². The van der Waals surface area contributed by atoms with Gasteiger partial charge in [-0.05, 0) is 38.6 Å². The Morgan fingerprint density at radius 3 is 2.56 bits per heavy atom. The number of hydrogen-bond acceptors (Lipinski definition) is 3. The zero-order chi connectivity index (χ0) is 12.8. The first-order valence-corrected chi connectivity index (χ1v) is 8.60. The number of piperidine rings is 2. The van der Waals surface area contributed by atoms with Crippen molar-refractivity contribution in [2.45, 2.75) is 51.0 Å². The van der Waals surface area contributed by atoms with Crippen LogP contribution >= 0.6 is 0 Å². The van der Waals surface area contributed by atoms with Gasteiger partial charge in [0, 0.05) is 25.7 Å². The van der Waals surface area contributed by atoms with Gasteiger partial charge < -0.3 is 5.32 Å². The molecule has 0 saturated carbocycles. The SMILES string of the molecule is O=S(=O)(NCCC1CCCCN1)N1CCCCC1. The quantitative estimate of drug-likeness (QED) is 0.781. The zero-order valence-electron chi connectivity index (χ0n) is 11.0. The minimum Gasteiger partial charge on any atom is -0.314 e. The molecule has 0 aromatic heterocycles. The van der Waals surface area contributed by atoms with E-state index in [1.54, 1.807) is 4.31 Å². The lowest BCUT2D eigenvalue weighted by atomic mass is 10.0. The average Bonchev–Trinajstić information content (AvgIpc) is 2.41. The summed E-state index contributed by atoms with van der Waals surface area (Å²) >= 11 is 0. The molecule has 0 amide bonds. The summed E-state index contributed by atoms with van der Waals surface area (Å²) in [6, 6.07) is 0.489. The largest absolute Gasteiger partial charge is 0.314 e. The molecule has 5 nitrogen and oxygen atoms in total. The third-order valence-corrected chi connectivity index (χ3v) is 5.46. The van der Waals surface area contributed by atoms with E-state index in [2.05, 4.69) is 10.0 Å². The molecule has 106 valence electrons. The van der Waals surface area contributed by atoms with Crippen LogP contribution in [-0.4, -0.2) is 44.9 Å². The van der Waals surface area contributed by atoms with Crippen LogP contribution in [0.25, 0.3) is 0 Å². The maximum atomic E-state index is 12.0. The number of hydrogen-bond donors (Lipinski definition) is 2. The Bertz CT molecular complexity index is 333. The Morgan fingerprint density at radius 2 is 1.89 bits per heavy atom. The van der Waals surface area contributed by atoms with Gasteiger partial charge in [0.15, 0.2) is 0 Å². The van der Waals surface area contributed by atoms with Crippen LogP contribution in [0.4, 0.5) is 0 Å². The molecule has 0 aromatic rings. The third kappa shape index (κ3) is 4.19. The van der Waals surface area contributed by atoms with Gasteiger partial charge in [-0.2, -0.15) is 12.7 Å². The molecule has 0 bridgehead atoms. The predicted octanol–water partition coefficient (Wildman–Crippen LogP) is 0.839. The standard InChI is InChI=1S/C12H25N3O2S/c16-18(17,15-10-4-1-5-11-15)14-9-7-12-6-2-3-8-13-12/h12-14H,1-11H2. The first kappa shape index (κ1) is 14.2. The minimum absolute atomic E-state index is 0.489. The summed E-state index contributed by atoms with van der Waals surface area (Å²) in [5.41, 5.74) is 0. The van der Waals surface area contributed by atoms with Crippen LogP contribution in [0.5, 0.6) is 0 Å². The third-order valence-electron chi connectivity index (χ3n) is 3.84. The van der Waals surface area contributed by atoms with E-state index >= 15 is 0 Å². The maximum Gasteiger partial charge on any atom is 0.279 e. The highest BCUT2D eigenvalue weighted by Gasteiger charge is 2.23. The van der Waals surface area contributed by atoms with E-state index < -0.39 is 10.2 Å². The molecule has 2 fully saturated rings. The maximum absolute atomic E-state index is 12.0. The van der Waals surface area contributed by atoms with Crippen molar-refractivity contribution in [1.82, 2.24) is 14.3 Å². The van der Waals surface area contributed by atoms with E-state index in [0.29, 0.717) is 25.7 Å². The van der Waals surface area contributed by atoms with Crippen molar-refractivity contribution in [1.29, 1.82) is 0 Å². The van der Waals surface area contributed by atoms with Gasteiger partial charge >= 0.3 is 0 Å². The molecule has 2 N–H and O–H groups in total. The Kier molecular flexibility index (Phi) is 5.41. The summed E-state index contributed by atoms with van der Waals surface area (Å²) < 4.78 is 28.4. The molecule has 2 aliphatic rings. The van der Waals surface area contributed by atoms with Crippen LogP contribution in [0.1, 0.15) is 44.9 Å². The second kappa shape index (κ2) is 6.84. The van der Waals surface area contributed by atoms with Crippen molar-refractivity contribution < 1.29 is 8.42 Å². The van der Waals surface area contributed by atoms with E-state index in [-0.39, 0.29) is 0 Å². The Balaban J connectivity index is 1.70. The van der Waals surface area contributed by atoms with Gasteiger partial charge in [-0.3, -0.25) is 0 Å². The van der Waals surface area contributed by atoms with Gasteiger partial charge in [-0.15, -0.1) is 0 Å². The molecule has 0 radical (unpaired) electrons. The van der Waals surface area contributed by atoms with Crippen molar-refractivity contribution in [3.8, 4) is 0 Å². The predicted molar refractivity (Wildman–Crippen MR) is 72.6 cm³/mol. The molecule has 0 spiro atoms. The van der Waals surface area contributed by atoms with Crippen LogP contribution in [0.3, 0.4) is 0 Å². The molecular weight excluding hydrogens is 250 g/mol. The van der Waals surface area contributed by atoms with E-state index in [1.807, 2.05) is 0 Å². The Labute approximate surface area is 110 Å². The van der Waals surface area contributed by atoms with Crippen LogP contribution < -0.4 is 10.0 Å². The van der Waals surface area contributed by atoms with Gasteiger partial charge in [0.05, 0.1) is 0 Å². The fourth-order valence-electron chi connectivity index (χ4n) is 2.73. The lowest BCUT2D eigenvalue weighted by molar-refractivity contribution is 0.338. The number of nitrogens with one attached hydrogen (secondary N) is 2. The van der Waals surface area contributed by atoms with E-state index in [0.717, 1.165) is 32.2 Å². The van der Waals surface area contributed by atoms with Crippen LogP contribution in [0.15, 0.2) is 0 Å². The average molecular weight is 275 g/mol. The molecule has 2 saturated heterocycles. The molecule has 0 aliphatic carbocycles. The first-order valence-electron chi connectivity index (χ1n) is 7.16.